The molecule has 0 aromatic carbocycles. The summed E-state index contributed by atoms with van der Waals surface area (Å²) in [6, 6.07) is 1.99. The molecule has 3 heterocycles. The SMILES string of the molecule is CCc1c(-c2cnccc2C)nn2c1N(C)C(=O)CC2. The van der Waals surface area contributed by atoms with Gasteiger partial charge in [0, 0.05) is 37.0 Å². The minimum Gasteiger partial charge on any atom is -0.300 e. The molecule has 1 amide bonds. The highest BCUT2D eigenvalue weighted by atomic mass is 16.2. The van der Waals surface area contributed by atoms with Gasteiger partial charge in [0.15, 0.2) is 0 Å². The summed E-state index contributed by atoms with van der Waals surface area (Å²) in [7, 11) is 1.83. The van der Waals surface area contributed by atoms with E-state index < -0.39 is 0 Å². The highest BCUT2D eigenvalue weighted by Crippen LogP contribution is 2.34. The van der Waals surface area contributed by atoms with Crippen LogP contribution in [0.5, 0.6) is 0 Å². The summed E-state index contributed by atoms with van der Waals surface area (Å²) < 4.78 is 1.95. The first-order valence-corrected chi connectivity index (χ1v) is 6.90. The lowest BCUT2D eigenvalue weighted by Gasteiger charge is -2.24. The molecule has 0 radical (unpaired) electrons. The summed E-state index contributed by atoms with van der Waals surface area (Å²) in [6.07, 6.45) is 5.00. The average molecular weight is 270 g/mol. The van der Waals surface area contributed by atoms with E-state index in [0.29, 0.717) is 13.0 Å². The van der Waals surface area contributed by atoms with Gasteiger partial charge in [-0.05, 0) is 25.0 Å². The van der Waals surface area contributed by atoms with Gasteiger partial charge in [0.05, 0.1) is 12.2 Å². The van der Waals surface area contributed by atoms with Gasteiger partial charge in [0.1, 0.15) is 5.82 Å². The van der Waals surface area contributed by atoms with Gasteiger partial charge in [-0.1, -0.05) is 6.92 Å². The summed E-state index contributed by atoms with van der Waals surface area (Å²) in [4.78, 5) is 17.8. The average Bonchev–Trinajstić information content (AvgIpc) is 2.82. The molecule has 0 atom stereocenters. The number of fused-ring (bicyclic) bond motifs is 1. The van der Waals surface area contributed by atoms with Gasteiger partial charge in [-0.3, -0.25) is 14.7 Å². The quantitative estimate of drug-likeness (QED) is 0.840. The fourth-order valence-electron chi connectivity index (χ4n) is 2.76. The molecular weight excluding hydrogens is 252 g/mol. The van der Waals surface area contributed by atoms with E-state index in [0.717, 1.165) is 34.6 Å². The fraction of sp³-hybridized carbons (Fsp3) is 0.400. The third kappa shape index (κ3) is 1.81. The summed E-state index contributed by atoms with van der Waals surface area (Å²) in [5.41, 5.74) is 4.28. The third-order valence-corrected chi connectivity index (χ3v) is 3.90. The number of hydrogen-bond donors (Lipinski definition) is 0. The van der Waals surface area contributed by atoms with Crippen LogP contribution >= 0.6 is 0 Å². The summed E-state index contributed by atoms with van der Waals surface area (Å²) in [5, 5.41) is 4.72. The molecule has 0 aliphatic carbocycles. The topological polar surface area (TPSA) is 51.0 Å². The molecule has 20 heavy (non-hydrogen) atoms. The van der Waals surface area contributed by atoms with Crippen molar-refractivity contribution in [1.82, 2.24) is 14.8 Å². The smallest absolute Gasteiger partial charge is 0.229 e. The van der Waals surface area contributed by atoms with Gasteiger partial charge >= 0.3 is 0 Å². The largest absolute Gasteiger partial charge is 0.300 e. The van der Waals surface area contributed by atoms with Crippen LogP contribution in [0.3, 0.4) is 0 Å². The first kappa shape index (κ1) is 12.8. The van der Waals surface area contributed by atoms with Crippen LogP contribution in [0.4, 0.5) is 5.82 Å². The predicted octanol–water partition coefficient (Wildman–Crippen LogP) is 2.18. The molecule has 104 valence electrons. The Bertz CT molecular complexity index is 675. The second-order valence-corrected chi connectivity index (χ2v) is 5.12. The third-order valence-electron chi connectivity index (χ3n) is 3.90. The lowest BCUT2D eigenvalue weighted by Crippen LogP contribution is -2.34. The molecule has 0 saturated heterocycles. The number of carbonyl (C=O) groups is 1. The first-order chi connectivity index (χ1) is 9.63. The Balaban J connectivity index is 2.22. The molecule has 0 N–H and O–H groups in total. The second-order valence-electron chi connectivity index (χ2n) is 5.12. The molecule has 0 saturated carbocycles. The Labute approximate surface area is 118 Å². The van der Waals surface area contributed by atoms with Gasteiger partial charge < -0.3 is 0 Å². The number of pyridine rings is 1. The van der Waals surface area contributed by atoms with Crippen molar-refractivity contribution in [3.63, 3.8) is 0 Å². The molecular formula is C15H18N4O. The van der Waals surface area contributed by atoms with Gasteiger partial charge in [0.25, 0.3) is 0 Å². The van der Waals surface area contributed by atoms with E-state index in [1.807, 2.05) is 24.0 Å². The summed E-state index contributed by atoms with van der Waals surface area (Å²) in [5.74, 6) is 1.09. The van der Waals surface area contributed by atoms with Crippen molar-refractivity contribution in [2.45, 2.75) is 33.2 Å². The Morgan fingerprint density at radius 3 is 2.90 bits per heavy atom. The van der Waals surface area contributed by atoms with E-state index in [-0.39, 0.29) is 5.91 Å². The zero-order chi connectivity index (χ0) is 14.3. The van der Waals surface area contributed by atoms with E-state index in [1.165, 1.54) is 0 Å². The van der Waals surface area contributed by atoms with Crippen molar-refractivity contribution < 1.29 is 4.79 Å². The van der Waals surface area contributed by atoms with E-state index in [1.54, 1.807) is 11.1 Å². The van der Waals surface area contributed by atoms with Gasteiger partial charge in [-0.25, -0.2) is 4.68 Å². The van der Waals surface area contributed by atoms with Crippen LogP contribution < -0.4 is 4.90 Å². The van der Waals surface area contributed by atoms with Crippen LogP contribution in [0.25, 0.3) is 11.3 Å². The van der Waals surface area contributed by atoms with Gasteiger partial charge in [-0.2, -0.15) is 5.10 Å². The highest BCUT2D eigenvalue weighted by Gasteiger charge is 2.28. The second kappa shape index (κ2) is 4.74. The molecule has 5 nitrogen and oxygen atoms in total. The van der Waals surface area contributed by atoms with Crippen LogP contribution in [0.2, 0.25) is 0 Å². The van der Waals surface area contributed by atoms with Crippen LogP contribution in [0.1, 0.15) is 24.5 Å². The van der Waals surface area contributed by atoms with Crippen LogP contribution in [0, 0.1) is 6.92 Å². The van der Waals surface area contributed by atoms with E-state index in [2.05, 4.69) is 18.8 Å². The maximum Gasteiger partial charge on any atom is 0.229 e. The molecule has 1 aliphatic heterocycles. The number of aromatic nitrogens is 3. The number of hydrogen-bond acceptors (Lipinski definition) is 3. The van der Waals surface area contributed by atoms with Gasteiger partial charge in [-0.15, -0.1) is 0 Å². The fourth-order valence-corrected chi connectivity index (χ4v) is 2.76. The van der Waals surface area contributed by atoms with Crippen molar-refractivity contribution in [1.29, 1.82) is 0 Å². The number of amides is 1. The molecule has 0 spiro atoms. The number of anilines is 1. The van der Waals surface area contributed by atoms with E-state index >= 15 is 0 Å². The number of rotatable bonds is 2. The normalized spacial score (nSPS) is 14.6. The van der Waals surface area contributed by atoms with Gasteiger partial charge in [0.2, 0.25) is 5.91 Å². The van der Waals surface area contributed by atoms with Crippen molar-refractivity contribution >= 4 is 11.7 Å². The minimum absolute atomic E-state index is 0.154. The monoisotopic (exact) mass is 270 g/mol. The van der Waals surface area contributed by atoms with Crippen LogP contribution in [-0.2, 0) is 17.8 Å². The van der Waals surface area contributed by atoms with E-state index in [9.17, 15) is 4.79 Å². The number of nitrogens with zero attached hydrogens (tertiary/aromatic N) is 4. The van der Waals surface area contributed by atoms with Crippen molar-refractivity contribution in [2.75, 3.05) is 11.9 Å². The Kier molecular flexibility index (Phi) is 3.04. The highest BCUT2D eigenvalue weighted by molar-refractivity contribution is 5.95. The molecule has 0 fully saturated rings. The molecule has 0 bridgehead atoms. The van der Waals surface area contributed by atoms with Crippen molar-refractivity contribution in [2.24, 2.45) is 0 Å². The van der Waals surface area contributed by atoms with E-state index in [4.69, 9.17) is 5.10 Å². The van der Waals surface area contributed by atoms with Crippen LogP contribution in [0.15, 0.2) is 18.5 Å². The Hall–Kier alpha value is -2.17. The maximum absolute atomic E-state index is 11.9. The standard InChI is InChI=1S/C15H18N4O/c1-4-11-14(12-9-16-7-5-10(12)2)17-19-8-6-13(20)18(3)15(11)19/h5,7,9H,4,6,8H2,1-3H3. The molecule has 5 heteroatoms. The Morgan fingerprint density at radius 2 is 2.20 bits per heavy atom. The summed E-state index contributed by atoms with van der Waals surface area (Å²) in [6.45, 7) is 4.81. The number of aryl methyl sites for hydroxylation is 2. The van der Waals surface area contributed by atoms with Crippen molar-refractivity contribution in [3.05, 3.63) is 29.6 Å². The lowest BCUT2D eigenvalue weighted by molar-refractivity contribution is -0.119. The van der Waals surface area contributed by atoms with Crippen molar-refractivity contribution in [3.8, 4) is 11.3 Å². The lowest BCUT2D eigenvalue weighted by atomic mass is 10.0. The zero-order valence-electron chi connectivity index (χ0n) is 12.1. The zero-order valence-corrected chi connectivity index (χ0v) is 12.1. The Morgan fingerprint density at radius 1 is 1.40 bits per heavy atom. The predicted molar refractivity (Wildman–Crippen MR) is 77.6 cm³/mol. The van der Waals surface area contributed by atoms with Crippen LogP contribution in [-0.4, -0.2) is 27.7 Å². The molecule has 3 rings (SSSR count). The molecule has 2 aromatic heterocycles. The molecule has 0 unspecified atom stereocenters. The minimum atomic E-state index is 0.154. The first-order valence-electron chi connectivity index (χ1n) is 6.90. The molecule has 2 aromatic rings. The molecule has 1 aliphatic rings. The summed E-state index contributed by atoms with van der Waals surface area (Å²) >= 11 is 0. The number of carbonyl (C=O) groups excluding carboxylic acids is 1. The maximum atomic E-state index is 11.9.